The third-order valence-electron chi connectivity index (χ3n) is 1.72. The molecule has 0 aromatic carbocycles. The smallest absolute Gasteiger partial charge is 0.309 e. The molecule has 0 aromatic heterocycles. The summed E-state index contributed by atoms with van der Waals surface area (Å²) in [6.45, 7) is 0.629. The maximum absolute atomic E-state index is 11.0. The molecule has 1 rings (SSSR count). The molecule has 0 atom stereocenters. The molecule has 80 valence electrons. The maximum atomic E-state index is 11.0. The van der Waals surface area contributed by atoms with E-state index in [2.05, 4.69) is 0 Å². The van der Waals surface area contributed by atoms with E-state index in [1.807, 2.05) is 0 Å². The van der Waals surface area contributed by atoms with Crippen LogP contribution >= 0.6 is 24.8 Å². The average molecular weight is 231 g/mol. The number of carbonyl (C=O) groups is 1. The quantitative estimate of drug-likeness (QED) is 0.671. The van der Waals surface area contributed by atoms with Crippen molar-refractivity contribution >= 4 is 30.8 Å². The SMILES string of the molecule is Cl.Cl.NCC(CN)OC(=O)C1CC1. The van der Waals surface area contributed by atoms with Crippen LogP contribution in [-0.2, 0) is 9.53 Å². The van der Waals surface area contributed by atoms with E-state index in [0.29, 0.717) is 13.1 Å². The third kappa shape index (κ3) is 5.31. The molecule has 4 N–H and O–H groups in total. The van der Waals surface area contributed by atoms with Crippen molar-refractivity contribution in [3.63, 3.8) is 0 Å². The molecule has 1 aliphatic carbocycles. The highest BCUT2D eigenvalue weighted by Crippen LogP contribution is 2.30. The molecule has 4 nitrogen and oxygen atoms in total. The van der Waals surface area contributed by atoms with Crippen LogP contribution in [0.25, 0.3) is 0 Å². The van der Waals surface area contributed by atoms with E-state index in [1.165, 1.54) is 0 Å². The van der Waals surface area contributed by atoms with Gasteiger partial charge in [0.05, 0.1) is 5.92 Å². The second kappa shape index (κ2) is 7.38. The highest BCUT2D eigenvalue weighted by molar-refractivity contribution is 5.85. The fourth-order valence-electron chi connectivity index (χ4n) is 0.772. The maximum Gasteiger partial charge on any atom is 0.309 e. The number of ether oxygens (including phenoxy) is 1. The fourth-order valence-corrected chi connectivity index (χ4v) is 0.772. The van der Waals surface area contributed by atoms with Gasteiger partial charge < -0.3 is 16.2 Å². The lowest BCUT2D eigenvalue weighted by Gasteiger charge is -2.12. The standard InChI is InChI=1S/C7H14N2O2.2ClH/c8-3-6(4-9)11-7(10)5-1-2-5;;/h5-6H,1-4,8-9H2;2*1H. The molecule has 0 amide bonds. The lowest BCUT2D eigenvalue weighted by Crippen LogP contribution is -2.34. The van der Waals surface area contributed by atoms with E-state index < -0.39 is 0 Å². The fraction of sp³-hybridized carbons (Fsp3) is 0.857. The topological polar surface area (TPSA) is 78.3 Å². The summed E-state index contributed by atoms with van der Waals surface area (Å²) >= 11 is 0. The molecule has 1 saturated carbocycles. The van der Waals surface area contributed by atoms with Crippen LogP contribution in [0.15, 0.2) is 0 Å². The number of rotatable bonds is 4. The lowest BCUT2D eigenvalue weighted by atomic mass is 10.3. The molecule has 0 aromatic rings. The Kier molecular flexibility index (Phi) is 8.77. The molecule has 0 unspecified atom stereocenters. The van der Waals surface area contributed by atoms with Crippen LogP contribution in [0.1, 0.15) is 12.8 Å². The Morgan fingerprint density at radius 1 is 1.31 bits per heavy atom. The van der Waals surface area contributed by atoms with Gasteiger partial charge in [-0.3, -0.25) is 4.79 Å². The minimum absolute atomic E-state index is 0. The predicted molar refractivity (Wildman–Crippen MR) is 55.2 cm³/mol. The Bertz CT molecular complexity index is 149. The van der Waals surface area contributed by atoms with Crippen molar-refractivity contribution < 1.29 is 9.53 Å². The third-order valence-corrected chi connectivity index (χ3v) is 1.72. The summed E-state index contributed by atoms with van der Waals surface area (Å²) in [6, 6.07) is 0. The largest absolute Gasteiger partial charge is 0.459 e. The van der Waals surface area contributed by atoms with Gasteiger partial charge in [-0.15, -0.1) is 24.8 Å². The average Bonchev–Trinajstić information content (AvgIpc) is 2.81. The zero-order chi connectivity index (χ0) is 8.27. The predicted octanol–water partition coefficient (Wildman–Crippen LogP) is 0.0692. The second-order valence-corrected chi connectivity index (χ2v) is 2.80. The molecular formula is C7H16Cl2N2O2. The molecule has 0 bridgehead atoms. The monoisotopic (exact) mass is 230 g/mol. The van der Waals surface area contributed by atoms with Gasteiger partial charge in [0.2, 0.25) is 0 Å². The van der Waals surface area contributed by atoms with Crippen LogP contribution in [0.3, 0.4) is 0 Å². The van der Waals surface area contributed by atoms with E-state index >= 15 is 0 Å². The van der Waals surface area contributed by atoms with E-state index in [1.54, 1.807) is 0 Å². The number of carbonyl (C=O) groups excluding carboxylic acids is 1. The number of hydrogen-bond donors (Lipinski definition) is 2. The highest BCUT2D eigenvalue weighted by Gasteiger charge is 2.32. The van der Waals surface area contributed by atoms with Crippen LogP contribution in [0.2, 0.25) is 0 Å². The molecule has 0 heterocycles. The van der Waals surface area contributed by atoms with E-state index in [0.717, 1.165) is 12.8 Å². The first-order valence-corrected chi connectivity index (χ1v) is 3.88. The zero-order valence-corrected chi connectivity index (χ0v) is 8.90. The zero-order valence-electron chi connectivity index (χ0n) is 7.27. The number of nitrogens with two attached hydrogens (primary N) is 2. The van der Waals surface area contributed by atoms with Gasteiger partial charge in [0.25, 0.3) is 0 Å². The molecule has 0 spiro atoms. The Hall–Kier alpha value is -0.0300. The number of halogens is 2. The summed E-state index contributed by atoms with van der Waals surface area (Å²) in [5.41, 5.74) is 10.6. The summed E-state index contributed by atoms with van der Waals surface area (Å²) < 4.78 is 4.98. The number of esters is 1. The van der Waals surface area contributed by atoms with Crippen molar-refractivity contribution in [2.45, 2.75) is 18.9 Å². The van der Waals surface area contributed by atoms with Crippen molar-refractivity contribution in [3.8, 4) is 0 Å². The first kappa shape index (κ1) is 15.4. The summed E-state index contributed by atoms with van der Waals surface area (Å²) in [7, 11) is 0. The van der Waals surface area contributed by atoms with Crippen LogP contribution < -0.4 is 11.5 Å². The minimum atomic E-state index is -0.289. The van der Waals surface area contributed by atoms with Gasteiger partial charge in [-0.05, 0) is 12.8 Å². The van der Waals surface area contributed by atoms with Gasteiger partial charge in [-0.1, -0.05) is 0 Å². The first-order valence-electron chi connectivity index (χ1n) is 3.88. The molecule has 13 heavy (non-hydrogen) atoms. The van der Waals surface area contributed by atoms with Gasteiger partial charge in [-0.2, -0.15) is 0 Å². The van der Waals surface area contributed by atoms with Crippen molar-refractivity contribution in [3.05, 3.63) is 0 Å². The number of hydrogen-bond acceptors (Lipinski definition) is 4. The summed E-state index contributed by atoms with van der Waals surface area (Å²) in [5, 5.41) is 0. The van der Waals surface area contributed by atoms with Crippen LogP contribution in [0.4, 0.5) is 0 Å². The molecular weight excluding hydrogens is 215 g/mol. The van der Waals surface area contributed by atoms with E-state index in [4.69, 9.17) is 16.2 Å². The highest BCUT2D eigenvalue weighted by atomic mass is 35.5. The van der Waals surface area contributed by atoms with Gasteiger partial charge in [0, 0.05) is 13.1 Å². The van der Waals surface area contributed by atoms with Gasteiger partial charge in [0.15, 0.2) is 0 Å². The Labute approximate surface area is 90.2 Å². The Balaban J connectivity index is 0. The summed E-state index contributed by atoms with van der Waals surface area (Å²) in [5.74, 6) is 0.00139. The van der Waals surface area contributed by atoms with Crippen LogP contribution in [0, 0.1) is 5.92 Å². The Morgan fingerprint density at radius 3 is 2.08 bits per heavy atom. The van der Waals surface area contributed by atoms with Gasteiger partial charge >= 0.3 is 5.97 Å². The Morgan fingerprint density at radius 2 is 1.77 bits per heavy atom. The summed E-state index contributed by atoms with van der Waals surface area (Å²) in [4.78, 5) is 11.0. The van der Waals surface area contributed by atoms with Crippen LogP contribution in [-0.4, -0.2) is 25.2 Å². The molecule has 1 aliphatic rings. The van der Waals surface area contributed by atoms with Crippen LogP contribution in [0.5, 0.6) is 0 Å². The lowest BCUT2D eigenvalue weighted by molar-refractivity contribution is -0.149. The van der Waals surface area contributed by atoms with Crippen molar-refractivity contribution in [2.75, 3.05) is 13.1 Å². The van der Waals surface area contributed by atoms with Crippen molar-refractivity contribution in [2.24, 2.45) is 17.4 Å². The molecule has 1 fully saturated rings. The molecule has 0 radical (unpaired) electrons. The van der Waals surface area contributed by atoms with Gasteiger partial charge in [0.1, 0.15) is 6.10 Å². The normalized spacial score (nSPS) is 14.4. The van der Waals surface area contributed by atoms with Gasteiger partial charge in [-0.25, -0.2) is 0 Å². The molecule has 0 aliphatic heterocycles. The van der Waals surface area contributed by atoms with E-state index in [-0.39, 0.29) is 42.8 Å². The minimum Gasteiger partial charge on any atom is -0.459 e. The molecule has 6 heteroatoms. The van der Waals surface area contributed by atoms with Crippen molar-refractivity contribution in [1.82, 2.24) is 0 Å². The van der Waals surface area contributed by atoms with E-state index in [9.17, 15) is 4.79 Å². The van der Waals surface area contributed by atoms with Crippen molar-refractivity contribution in [1.29, 1.82) is 0 Å². The second-order valence-electron chi connectivity index (χ2n) is 2.80. The molecule has 0 saturated heterocycles. The summed E-state index contributed by atoms with van der Waals surface area (Å²) in [6.07, 6.45) is 1.63. The first-order chi connectivity index (χ1) is 5.27.